The molecule has 26 heavy (non-hydrogen) atoms. The van der Waals surface area contributed by atoms with E-state index >= 15 is 0 Å². The molecule has 0 radical (unpaired) electrons. The molecule has 0 saturated carbocycles. The van der Waals surface area contributed by atoms with Gasteiger partial charge in [-0.2, -0.15) is 13.2 Å². The predicted molar refractivity (Wildman–Crippen MR) is 82.7 cm³/mol. The van der Waals surface area contributed by atoms with Gasteiger partial charge in [0.1, 0.15) is 0 Å². The zero-order chi connectivity index (χ0) is 19.9. The summed E-state index contributed by atoms with van der Waals surface area (Å²) in [7, 11) is -5.60. The molecule has 1 aliphatic heterocycles. The lowest BCUT2D eigenvalue weighted by molar-refractivity contribution is -0.222. The van der Waals surface area contributed by atoms with E-state index in [9.17, 15) is 31.2 Å². The van der Waals surface area contributed by atoms with Crippen molar-refractivity contribution in [3.8, 4) is 0 Å². The van der Waals surface area contributed by atoms with Gasteiger partial charge in [0.25, 0.3) is 15.6 Å². The van der Waals surface area contributed by atoms with E-state index in [0.29, 0.717) is 12.1 Å². The highest BCUT2D eigenvalue weighted by atomic mass is 35.5. The van der Waals surface area contributed by atoms with Crippen LogP contribution in [0.4, 0.5) is 18.9 Å². The van der Waals surface area contributed by atoms with Crippen molar-refractivity contribution in [1.82, 2.24) is 0 Å². The first-order valence-electron chi connectivity index (χ1n) is 6.79. The van der Waals surface area contributed by atoms with Crippen LogP contribution < -0.4 is 5.32 Å². The van der Waals surface area contributed by atoms with Crippen molar-refractivity contribution in [3.63, 3.8) is 0 Å². The number of halogens is 4. The van der Waals surface area contributed by atoms with Crippen molar-refractivity contribution >= 4 is 39.1 Å². The Morgan fingerprint density at radius 1 is 1.15 bits per heavy atom. The molecular weight excluding hydrogens is 403 g/mol. The highest BCUT2D eigenvalue weighted by molar-refractivity contribution is 7.92. The van der Waals surface area contributed by atoms with E-state index in [1.165, 1.54) is 13.8 Å². The fourth-order valence-electron chi connectivity index (χ4n) is 1.84. The first kappa shape index (κ1) is 20.0. The number of sulfone groups is 1. The molecule has 142 valence electrons. The number of benzene rings is 1. The Bertz CT molecular complexity index is 886. The van der Waals surface area contributed by atoms with E-state index in [0.717, 1.165) is 12.3 Å². The van der Waals surface area contributed by atoms with Gasteiger partial charge in [0.05, 0.1) is 15.6 Å². The minimum atomic E-state index is -5.60. The van der Waals surface area contributed by atoms with Gasteiger partial charge in [-0.1, -0.05) is 11.6 Å². The third-order valence-electron chi connectivity index (χ3n) is 3.04. The highest BCUT2D eigenvalue weighted by Gasteiger charge is 2.47. The maximum absolute atomic E-state index is 12.6. The quantitative estimate of drug-likeness (QED) is 0.462. The number of ether oxygens (including phenoxy) is 2. The first-order chi connectivity index (χ1) is 11.7. The molecule has 1 aromatic carbocycles. The number of hydrogen-bond donors (Lipinski definition) is 1. The van der Waals surface area contributed by atoms with Crippen molar-refractivity contribution in [2.45, 2.75) is 30.0 Å². The third kappa shape index (κ3) is 3.93. The van der Waals surface area contributed by atoms with Crippen LogP contribution in [0.5, 0.6) is 0 Å². The normalized spacial score (nSPS) is 17.4. The molecule has 0 spiro atoms. The molecule has 12 heteroatoms. The van der Waals surface area contributed by atoms with Crippen LogP contribution in [0.2, 0.25) is 5.02 Å². The Morgan fingerprint density at radius 3 is 2.19 bits per heavy atom. The SMILES string of the molecule is CC1(C)OC(=O)C(=CNc2cc(S(=O)(=O)C(F)(F)F)ccc2Cl)C(=O)O1. The third-order valence-corrected chi connectivity index (χ3v) is 4.86. The molecule has 2 rings (SSSR count). The number of carbonyl (C=O) groups is 2. The van der Waals surface area contributed by atoms with Gasteiger partial charge in [-0.05, 0) is 18.2 Å². The summed E-state index contributed by atoms with van der Waals surface area (Å²) in [5.41, 5.74) is -6.36. The summed E-state index contributed by atoms with van der Waals surface area (Å²) in [5, 5.41) is 2.16. The summed E-state index contributed by atoms with van der Waals surface area (Å²) >= 11 is 5.80. The zero-order valence-corrected chi connectivity index (χ0v) is 14.8. The monoisotopic (exact) mass is 413 g/mol. The van der Waals surface area contributed by atoms with Gasteiger partial charge in [0.2, 0.25) is 0 Å². The van der Waals surface area contributed by atoms with Crippen LogP contribution in [0.25, 0.3) is 0 Å². The standard InChI is InChI=1S/C14H11ClF3NO6S/c1-13(2)24-11(20)8(12(21)25-13)6-19-10-5-7(3-4-9(10)15)26(22,23)14(16,17)18/h3-6,19H,1-2H3. The molecule has 0 atom stereocenters. The van der Waals surface area contributed by atoms with Crippen LogP contribution in [0.1, 0.15) is 13.8 Å². The van der Waals surface area contributed by atoms with E-state index in [1.807, 2.05) is 0 Å². The lowest BCUT2D eigenvalue weighted by Crippen LogP contribution is -2.42. The highest BCUT2D eigenvalue weighted by Crippen LogP contribution is 2.34. The number of anilines is 1. The van der Waals surface area contributed by atoms with Gasteiger partial charge in [-0.25, -0.2) is 18.0 Å². The van der Waals surface area contributed by atoms with Crippen molar-refractivity contribution < 1.29 is 40.7 Å². The molecule has 1 fully saturated rings. The van der Waals surface area contributed by atoms with Gasteiger partial charge in [0.15, 0.2) is 5.57 Å². The smallest absolute Gasteiger partial charge is 0.419 e. The summed E-state index contributed by atoms with van der Waals surface area (Å²) in [4.78, 5) is 22.5. The zero-order valence-electron chi connectivity index (χ0n) is 13.2. The largest absolute Gasteiger partial charge is 0.501 e. The maximum Gasteiger partial charge on any atom is 0.501 e. The molecule has 7 nitrogen and oxygen atoms in total. The van der Waals surface area contributed by atoms with Crippen LogP contribution in [0.3, 0.4) is 0 Å². The summed E-state index contributed by atoms with van der Waals surface area (Å²) in [6.07, 6.45) is 0.797. The molecule has 1 heterocycles. The van der Waals surface area contributed by atoms with Crippen molar-refractivity contribution in [1.29, 1.82) is 0 Å². The van der Waals surface area contributed by atoms with Crippen LogP contribution in [-0.4, -0.2) is 31.7 Å². The van der Waals surface area contributed by atoms with Gasteiger partial charge in [0, 0.05) is 20.0 Å². The number of cyclic esters (lactones) is 2. The molecule has 1 aromatic rings. The molecule has 1 saturated heterocycles. The number of esters is 2. The van der Waals surface area contributed by atoms with Gasteiger partial charge in [-0.15, -0.1) is 0 Å². The Hall–Kier alpha value is -2.27. The molecule has 1 N–H and O–H groups in total. The predicted octanol–water partition coefficient (Wildman–Crippen LogP) is 2.77. The molecule has 0 aromatic heterocycles. The van der Waals surface area contributed by atoms with Gasteiger partial charge < -0.3 is 14.8 Å². The van der Waals surface area contributed by atoms with Crippen molar-refractivity contribution in [2.75, 3.05) is 5.32 Å². The first-order valence-corrected chi connectivity index (χ1v) is 8.65. The van der Waals surface area contributed by atoms with Crippen LogP contribution in [0.15, 0.2) is 34.9 Å². The minimum Gasteiger partial charge on any atom is -0.419 e. The van der Waals surface area contributed by atoms with Gasteiger partial charge in [-0.3, -0.25) is 0 Å². The second-order valence-electron chi connectivity index (χ2n) is 5.47. The molecule has 0 bridgehead atoms. The van der Waals surface area contributed by atoms with Crippen LogP contribution >= 0.6 is 11.6 Å². The van der Waals surface area contributed by atoms with Crippen molar-refractivity contribution in [2.24, 2.45) is 0 Å². The topological polar surface area (TPSA) is 98.8 Å². The fourth-order valence-corrected chi connectivity index (χ4v) is 2.80. The number of hydrogen-bond acceptors (Lipinski definition) is 7. The molecule has 0 amide bonds. The molecule has 0 aliphatic carbocycles. The summed E-state index contributed by atoms with van der Waals surface area (Å²) < 4.78 is 70.4. The van der Waals surface area contributed by atoms with E-state index in [4.69, 9.17) is 21.1 Å². The lowest BCUT2D eigenvalue weighted by Gasteiger charge is -2.29. The van der Waals surface area contributed by atoms with E-state index < -0.39 is 43.5 Å². The van der Waals surface area contributed by atoms with Crippen LogP contribution in [-0.2, 0) is 28.9 Å². The molecule has 1 aliphatic rings. The Labute approximate surface area is 150 Å². The maximum atomic E-state index is 12.6. The number of nitrogens with one attached hydrogen (secondary N) is 1. The average molecular weight is 414 g/mol. The lowest BCUT2D eigenvalue weighted by atomic mass is 10.2. The Kier molecular flexibility index (Phi) is 4.99. The number of alkyl halides is 3. The Balaban J connectivity index is 2.35. The second kappa shape index (κ2) is 6.47. The second-order valence-corrected chi connectivity index (χ2v) is 7.82. The van der Waals surface area contributed by atoms with Crippen molar-refractivity contribution in [3.05, 3.63) is 35.0 Å². The van der Waals surface area contributed by atoms with Crippen LogP contribution in [0, 0.1) is 0 Å². The summed E-state index contributed by atoms with van der Waals surface area (Å²) in [6, 6.07) is 2.21. The summed E-state index contributed by atoms with van der Waals surface area (Å²) in [6.45, 7) is 2.66. The van der Waals surface area contributed by atoms with E-state index in [-0.39, 0.29) is 10.7 Å². The summed E-state index contributed by atoms with van der Waals surface area (Å²) in [5.74, 6) is -3.54. The average Bonchev–Trinajstić information content (AvgIpc) is 2.45. The van der Waals surface area contributed by atoms with E-state index in [1.54, 1.807) is 0 Å². The van der Waals surface area contributed by atoms with E-state index in [2.05, 4.69) is 5.32 Å². The fraction of sp³-hybridized carbons (Fsp3) is 0.286. The molecular formula is C14H11ClF3NO6S. The molecule has 0 unspecified atom stereocenters. The minimum absolute atomic E-state index is 0.152. The van der Waals surface area contributed by atoms with Gasteiger partial charge >= 0.3 is 17.4 Å². The number of carbonyl (C=O) groups excluding carboxylic acids is 2. The Morgan fingerprint density at radius 2 is 1.69 bits per heavy atom. The number of rotatable bonds is 3.